The van der Waals surface area contributed by atoms with Crippen LogP contribution in [-0.2, 0) is 9.09 Å². The topological polar surface area (TPSA) is 55.8 Å². The van der Waals surface area contributed by atoms with E-state index in [4.69, 9.17) is 9.63 Å². The van der Waals surface area contributed by atoms with Crippen molar-refractivity contribution in [3.63, 3.8) is 0 Å². The van der Waals surface area contributed by atoms with Crippen LogP contribution in [0.2, 0.25) is 0 Å². The molecule has 0 bridgehead atoms. The molecule has 0 aliphatic heterocycles. The molecule has 0 saturated carbocycles. The first-order chi connectivity index (χ1) is 10.1. The van der Waals surface area contributed by atoms with Crippen LogP contribution in [0.3, 0.4) is 0 Å². The molecule has 2 aromatic rings. The fraction of sp³-hybridized carbons (Fsp3) is 0.0667. The van der Waals surface area contributed by atoms with Crippen LogP contribution >= 0.6 is 8.25 Å². The van der Waals surface area contributed by atoms with E-state index in [1.165, 1.54) is 6.07 Å². The second-order valence-electron chi connectivity index (χ2n) is 4.08. The molecule has 0 heterocycles. The molecule has 0 fully saturated rings. The highest BCUT2D eigenvalue weighted by Crippen LogP contribution is 2.25. The van der Waals surface area contributed by atoms with Crippen LogP contribution in [0.25, 0.3) is 6.08 Å². The Hall–Kier alpha value is -1.94. The van der Waals surface area contributed by atoms with Crippen molar-refractivity contribution in [3.8, 4) is 11.5 Å². The Bertz CT molecular complexity index is 643. The van der Waals surface area contributed by atoms with E-state index in [9.17, 15) is 8.96 Å². The molecule has 2 aromatic carbocycles. The molecule has 21 heavy (non-hydrogen) atoms. The average molecular weight is 308 g/mol. The zero-order chi connectivity index (χ0) is 15.1. The van der Waals surface area contributed by atoms with Crippen LogP contribution in [0.1, 0.15) is 5.56 Å². The number of halogens is 1. The second kappa shape index (κ2) is 7.74. The second-order valence-corrected chi connectivity index (χ2v) is 4.90. The molecular weight excluding hydrogens is 294 g/mol. The lowest BCUT2D eigenvalue weighted by Crippen LogP contribution is -1.89. The molecule has 0 spiro atoms. The van der Waals surface area contributed by atoms with E-state index in [0.717, 1.165) is 0 Å². The summed E-state index contributed by atoms with van der Waals surface area (Å²) >= 11 is 0. The van der Waals surface area contributed by atoms with Crippen molar-refractivity contribution in [1.29, 1.82) is 0 Å². The number of benzene rings is 2. The van der Waals surface area contributed by atoms with Gasteiger partial charge in [-0.05, 0) is 29.8 Å². The predicted molar refractivity (Wildman–Crippen MR) is 79.1 cm³/mol. The van der Waals surface area contributed by atoms with Gasteiger partial charge in [-0.1, -0.05) is 36.4 Å². The van der Waals surface area contributed by atoms with Crippen LogP contribution in [0, 0.1) is 5.82 Å². The number of hydrogen-bond donors (Lipinski definition) is 1. The normalized spacial score (nSPS) is 12.5. The maximum atomic E-state index is 13.7. The summed E-state index contributed by atoms with van der Waals surface area (Å²) in [6.07, 6.45) is 3.22. The highest BCUT2D eigenvalue weighted by atomic mass is 31.1. The van der Waals surface area contributed by atoms with Gasteiger partial charge in [-0.15, -0.1) is 0 Å². The summed E-state index contributed by atoms with van der Waals surface area (Å²) in [5.41, 5.74) is 0.698. The van der Waals surface area contributed by atoms with Gasteiger partial charge in [0.25, 0.3) is 0 Å². The molecule has 1 atom stereocenters. The molecule has 2 rings (SSSR count). The Morgan fingerprint density at radius 3 is 2.67 bits per heavy atom. The van der Waals surface area contributed by atoms with E-state index in [0.29, 0.717) is 11.3 Å². The molecule has 6 heteroatoms. The van der Waals surface area contributed by atoms with Crippen LogP contribution in [0.15, 0.2) is 54.6 Å². The maximum Gasteiger partial charge on any atom is 0.316 e. The Labute approximate surface area is 122 Å². The van der Waals surface area contributed by atoms with Gasteiger partial charge in [-0.25, -0.2) is 4.39 Å². The van der Waals surface area contributed by atoms with Crippen LogP contribution in [0.5, 0.6) is 11.5 Å². The summed E-state index contributed by atoms with van der Waals surface area (Å²) in [4.78, 5) is 8.51. The van der Waals surface area contributed by atoms with Gasteiger partial charge in [0.1, 0.15) is 5.75 Å². The SMILES string of the molecule is O=[PH](O)OCC=Cc1ccc(F)c(Oc2ccccc2)c1. The van der Waals surface area contributed by atoms with Gasteiger partial charge in [0.15, 0.2) is 11.6 Å². The summed E-state index contributed by atoms with van der Waals surface area (Å²) in [6, 6.07) is 13.3. The lowest BCUT2D eigenvalue weighted by molar-refractivity contribution is 0.313. The van der Waals surface area contributed by atoms with Gasteiger partial charge in [0.2, 0.25) is 0 Å². The van der Waals surface area contributed by atoms with Crippen molar-refractivity contribution >= 4 is 14.3 Å². The average Bonchev–Trinajstić information content (AvgIpc) is 2.48. The fourth-order valence-corrected chi connectivity index (χ4v) is 1.86. The number of para-hydroxylation sites is 1. The van der Waals surface area contributed by atoms with Crippen molar-refractivity contribution in [3.05, 3.63) is 66.0 Å². The molecule has 1 N–H and O–H groups in total. The van der Waals surface area contributed by atoms with Gasteiger partial charge in [0, 0.05) is 0 Å². The first kappa shape index (κ1) is 15.4. The first-order valence-corrected chi connectivity index (χ1v) is 7.46. The van der Waals surface area contributed by atoms with Crippen LogP contribution < -0.4 is 4.74 Å². The lowest BCUT2D eigenvalue weighted by Gasteiger charge is -2.07. The first-order valence-electron chi connectivity index (χ1n) is 6.20. The van der Waals surface area contributed by atoms with E-state index >= 15 is 0 Å². The monoisotopic (exact) mass is 308 g/mol. The summed E-state index contributed by atoms with van der Waals surface area (Å²) in [7, 11) is -2.93. The molecule has 0 aliphatic carbocycles. The van der Waals surface area contributed by atoms with Gasteiger partial charge >= 0.3 is 8.25 Å². The van der Waals surface area contributed by atoms with Crippen molar-refractivity contribution in [2.45, 2.75) is 0 Å². The third-order valence-electron chi connectivity index (χ3n) is 2.54. The minimum absolute atomic E-state index is 0.0144. The predicted octanol–water partition coefficient (Wildman–Crippen LogP) is 4.03. The van der Waals surface area contributed by atoms with E-state index < -0.39 is 14.1 Å². The standard InChI is InChI=1S/C15H14FO4P/c16-14-9-8-12(5-4-10-19-21(17)18)11-15(14)20-13-6-2-1-3-7-13/h1-9,11,21H,10H2,(H,17,18). The molecule has 110 valence electrons. The van der Waals surface area contributed by atoms with Gasteiger partial charge in [-0.2, -0.15) is 0 Å². The van der Waals surface area contributed by atoms with Crippen molar-refractivity contribution in [1.82, 2.24) is 0 Å². The highest BCUT2D eigenvalue weighted by molar-refractivity contribution is 7.32. The Balaban J connectivity index is 2.08. The fourth-order valence-electron chi connectivity index (χ4n) is 1.62. The summed E-state index contributed by atoms with van der Waals surface area (Å²) in [5.74, 6) is 0.187. The number of ether oxygens (including phenoxy) is 1. The summed E-state index contributed by atoms with van der Waals surface area (Å²) < 4.78 is 34.1. The molecule has 0 aliphatic rings. The molecule has 4 nitrogen and oxygen atoms in total. The summed E-state index contributed by atoms with van der Waals surface area (Å²) in [6.45, 7) is 0.0144. The Morgan fingerprint density at radius 2 is 1.95 bits per heavy atom. The minimum atomic E-state index is -2.93. The largest absolute Gasteiger partial charge is 0.454 e. The molecular formula is C15H14FO4P. The zero-order valence-corrected chi connectivity index (χ0v) is 12.0. The van der Waals surface area contributed by atoms with E-state index in [2.05, 4.69) is 4.52 Å². The van der Waals surface area contributed by atoms with E-state index in [1.807, 2.05) is 6.07 Å². The van der Waals surface area contributed by atoms with Crippen LogP contribution in [0.4, 0.5) is 4.39 Å². The minimum Gasteiger partial charge on any atom is -0.454 e. The van der Waals surface area contributed by atoms with Crippen molar-refractivity contribution in [2.24, 2.45) is 0 Å². The number of hydrogen-bond acceptors (Lipinski definition) is 3. The van der Waals surface area contributed by atoms with E-state index in [1.54, 1.807) is 48.6 Å². The van der Waals surface area contributed by atoms with Gasteiger partial charge < -0.3 is 14.2 Å². The molecule has 1 unspecified atom stereocenters. The van der Waals surface area contributed by atoms with Crippen molar-refractivity contribution in [2.75, 3.05) is 6.61 Å². The third-order valence-corrected chi connectivity index (χ3v) is 2.95. The zero-order valence-electron chi connectivity index (χ0n) is 11.0. The summed E-state index contributed by atoms with van der Waals surface area (Å²) in [5, 5.41) is 0. The highest BCUT2D eigenvalue weighted by Gasteiger charge is 2.05. The number of rotatable bonds is 6. The van der Waals surface area contributed by atoms with Gasteiger partial charge in [0.05, 0.1) is 6.61 Å². The smallest absolute Gasteiger partial charge is 0.316 e. The third kappa shape index (κ3) is 5.16. The molecule has 0 saturated heterocycles. The maximum absolute atomic E-state index is 13.7. The Kier molecular flexibility index (Phi) is 5.69. The van der Waals surface area contributed by atoms with Crippen LogP contribution in [-0.4, -0.2) is 11.5 Å². The quantitative estimate of drug-likeness (QED) is 0.819. The molecule has 0 radical (unpaired) electrons. The molecule has 0 amide bonds. The van der Waals surface area contributed by atoms with Gasteiger partial charge in [-0.3, -0.25) is 4.57 Å². The van der Waals surface area contributed by atoms with E-state index in [-0.39, 0.29) is 12.4 Å². The Morgan fingerprint density at radius 1 is 1.19 bits per heavy atom. The molecule has 0 aromatic heterocycles. The lowest BCUT2D eigenvalue weighted by atomic mass is 10.2. The van der Waals surface area contributed by atoms with Crippen molar-refractivity contribution < 1.29 is 23.1 Å².